The molecular weight excluding hydrogens is 344 g/mol. The third kappa shape index (κ3) is 2.39. The molecule has 0 saturated carbocycles. The number of hydrogen-bond donors (Lipinski definition) is 2. The molecule has 2 N–H and O–H groups in total. The number of aliphatic hydroxyl groups is 2. The van der Waals surface area contributed by atoms with E-state index in [4.69, 9.17) is 4.74 Å². The van der Waals surface area contributed by atoms with Gasteiger partial charge in [-0.25, -0.2) is 9.69 Å². The van der Waals surface area contributed by atoms with Crippen LogP contribution in [0.15, 0.2) is 18.2 Å². The molecule has 27 heavy (non-hydrogen) atoms. The van der Waals surface area contributed by atoms with Crippen LogP contribution in [0.2, 0.25) is 0 Å². The van der Waals surface area contributed by atoms with E-state index in [1.165, 1.54) is 4.90 Å². The first-order valence-corrected chi connectivity index (χ1v) is 10.1. The number of carbonyl (C=O) groups is 1. The molecule has 0 radical (unpaired) electrons. The van der Waals surface area contributed by atoms with E-state index in [-0.39, 0.29) is 19.1 Å². The van der Waals surface area contributed by atoms with Crippen molar-refractivity contribution in [2.24, 2.45) is 0 Å². The first-order chi connectivity index (χ1) is 12.9. The zero-order valence-electron chi connectivity index (χ0n) is 16.4. The number of hydrogen-bond acceptors (Lipinski definition) is 5. The SMILES string of the molecule is CCCOC(=O)N1c2cccc3c2C(O)(C[C@@H]2C3CCCN2C)C1(O)CC. The number of ether oxygens (including phenoxy) is 1. The highest BCUT2D eigenvalue weighted by Crippen LogP contribution is 2.60. The summed E-state index contributed by atoms with van der Waals surface area (Å²) in [7, 11) is 2.09. The molecule has 1 aromatic carbocycles. The second-order valence-corrected chi connectivity index (χ2v) is 8.22. The van der Waals surface area contributed by atoms with Crippen LogP contribution in [0.3, 0.4) is 0 Å². The highest BCUT2D eigenvalue weighted by Gasteiger charge is 2.66. The van der Waals surface area contributed by atoms with Gasteiger partial charge in [0.25, 0.3) is 0 Å². The van der Waals surface area contributed by atoms with Gasteiger partial charge < -0.3 is 19.8 Å². The Balaban J connectivity index is 1.88. The molecule has 148 valence electrons. The summed E-state index contributed by atoms with van der Waals surface area (Å²) in [6, 6.07) is 5.94. The normalized spacial score (nSPS) is 34.9. The zero-order chi connectivity index (χ0) is 19.4. The van der Waals surface area contributed by atoms with Gasteiger partial charge >= 0.3 is 6.09 Å². The van der Waals surface area contributed by atoms with Crippen LogP contribution in [0.5, 0.6) is 0 Å². The maximum atomic E-state index is 12.9. The molecule has 1 fully saturated rings. The van der Waals surface area contributed by atoms with Crippen molar-refractivity contribution in [1.82, 2.24) is 4.90 Å². The molecule has 4 atom stereocenters. The summed E-state index contributed by atoms with van der Waals surface area (Å²) in [6.45, 7) is 5.01. The van der Waals surface area contributed by atoms with Gasteiger partial charge in [-0.15, -0.1) is 0 Å². The van der Waals surface area contributed by atoms with E-state index in [1.807, 2.05) is 19.1 Å². The van der Waals surface area contributed by atoms with Crippen LogP contribution in [0.4, 0.5) is 10.5 Å². The molecule has 1 saturated heterocycles. The molecule has 0 spiro atoms. The number of piperidine rings is 1. The van der Waals surface area contributed by atoms with Gasteiger partial charge in [-0.05, 0) is 50.9 Å². The summed E-state index contributed by atoms with van der Waals surface area (Å²) in [5.74, 6) is 0.312. The zero-order valence-corrected chi connectivity index (χ0v) is 16.4. The molecule has 4 rings (SSSR count). The average Bonchev–Trinajstić information content (AvgIpc) is 2.87. The molecule has 1 aromatic rings. The number of likely N-dealkylation sites (tertiary alicyclic amines) is 1. The molecule has 3 aliphatic rings. The van der Waals surface area contributed by atoms with Crippen molar-refractivity contribution >= 4 is 11.8 Å². The number of likely N-dealkylation sites (N-methyl/N-ethyl adjacent to an activating group) is 1. The van der Waals surface area contributed by atoms with Crippen molar-refractivity contribution < 1.29 is 19.7 Å². The average molecular weight is 374 g/mol. The van der Waals surface area contributed by atoms with Crippen LogP contribution in [0.1, 0.15) is 63.0 Å². The number of benzene rings is 1. The lowest BCUT2D eigenvalue weighted by atomic mass is 9.65. The summed E-state index contributed by atoms with van der Waals surface area (Å²) in [6.07, 6.45) is 2.93. The summed E-state index contributed by atoms with van der Waals surface area (Å²) >= 11 is 0. The number of nitrogens with zero attached hydrogens (tertiary/aromatic N) is 2. The fourth-order valence-corrected chi connectivity index (χ4v) is 5.50. The van der Waals surface area contributed by atoms with E-state index in [9.17, 15) is 15.0 Å². The molecule has 1 aliphatic carbocycles. The van der Waals surface area contributed by atoms with Crippen molar-refractivity contribution in [1.29, 1.82) is 0 Å². The van der Waals surface area contributed by atoms with Crippen molar-refractivity contribution in [2.45, 2.75) is 69.2 Å². The van der Waals surface area contributed by atoms with Crippen molar-refractivity contribution in [2.75, 3.05) is 25.1 Å². The van der Waals surface area contributed by atoms with Gasteiger partial charge in [0, 0.05) is 23.9 Å². The number of carbonyl (C=O) groups excluding carboxylic acids is 1. The quantitative estimate of drug-likeness (QED) is 0.851. The standard InChI is InChI=1S/C21H30N2O4/c1-4-12-27-19(24)23-16-10-6-8-15-14-9-7-11-22(3)17(14)13-20(25,18(15)16)21(23,26)5-2/h6,8,10,14,17,25-26H,4-5,7,9,11-13H2,1-3H3/t14?,17-,20?,21?/m1/s1. The van der Waals surface area contributed by atoms with Crippen molar-refractivity contribution in [3.8, 4) is 0 Å². The van der Waals surface area contributed by atoms with Crippen LogP contribution in [0.25, 0.3) is 0 Å². The van der Waals surface area contributed by atoms with Crippen LogP contribution < -0.4 is 4.90 Å². The van der Waals surface area contributed by atoms with E-state index in [0.29, 0.717) is 24.4 Å². The van der Waals surface area contributed by atoms with E-state index in [1.54, 1.807) is 6.92 Å². The Kier molecular flexibility index (Phi) is 4.48. The summed E-state index contributed by atoms with van der Waals surface area (Å²) < 4.78 is 5.37. The minimum Gasteiger partial charge on any atom is -0.449 e. The second-order valence-electron chi connectivity index (χ2n) is 8.22. The van der Waals surface area contributed by atoms with Crippen LogP contribution in [-0.2, 0) is 10.3 Å². The molecule has 1 amide bonds. The van der Waals surface area contributed by atoms with E-state index < -0.39 is 17.4 Å². The lowest BCUT2D eigenvalue weighted by Gasteiger charge is -2.51. The first kappa shape index (κ1) is 18.7. The lowest BCUT2D eigenvalue weighted by Crippen LogP contribution is -2.63. The number of amides is 1. The van der Waals surface area contributed by atoms with Gasteiger partial charge in [-0.1, -0.05) is 26.0 Å². The predicted molar refractivity (Wildman–Crippen MR) is 103 cm³/mol. The summed E-state index contributed by atoms with van der Waals surface area (Å²) in [4.78, 5) is 16.5. The number of anilines is 1. The van der Waals surface area contributed by atoms with Gasteiger partial charge in [-0.3, -0.25) is 0 Å². The number of fused-ring (bicyclic) bond motifs is 2. The Hall–Kier alpha value is -1.63. The molecule has 0 aromatic heterocycles. The highest BCUT2D eigenvalue weighted by atomic mass is 16.6. The van der Waals surface area contributed by atoms with Crippen LogP contribution >= 0.6 is 0 Å². The molecule has 3 unspecified atom stereocenters. The summed E-state index contributed by atoms with van der Waals surface area (Å²) in [5, 5.41) is 23.5. The predicted octanol–water partition coefficient (Wildman–Crippen LogP) is 2.92. The van der Waals surface area contributed by atoms with Crippen molar-refractivity contribution in [3.05, 3.63) is 29.3 Å². The highest BCUT2D eigenvalue weighted by molar-refractivity contribution is 5.94. The molecular formula is C21H30N2O4. The van der Waals surface area contributed by atoms with Crippen LogP contribution in [0, 0.1) is 0 Å². The largest absolute Gasteiger partial charge is 0.449 e. The third-order valence-corrected chi connectivity index (χ3v) is 6.83. The fourth-order valence-electron chi connectivity index (χ4n) is 5.50. The molecule has 6 nitrogen and oxygen atoms in total. The van der Waals surface area contributed by atoms with Gasteiger partial charge in [0.15, 0.2) is 5.72 Å². The minimum atomic E-state index is -1.71. The smallest absolute Gasteiger partial charge is 0.416 e. The van der Waals surface area contributed by atoms with E-state index >= 15 is 0 Å². The van der Waals surface area contributed by atoms with E-state index in [0.717, 1.165) is 30.5 Å². The monoisotopic (exact) mass is 374 g/mol. The van der Waals surface area contributed by atoms with Gasteiger partial charge in [0.05, 0.1) is 12.3 Å². The molecule has 2 aliphatic heterocycles. The summed E-state index contributed by atoms with van der Waals surface area (Å²) in [5.41, 5.74) is -0.826. The first-order valence-electron chi connectivity index (χ1n) is 10.1. The van der Waals surface area contributed by atoms with Gasteiger partial charge in [0.1, 0.15) is 5.60 Å². The lowest BCUT2D eigenvalue weighted by molar-refractivity contribution is -0.167. The molecule has 6 heteroatoms. The fraction of sp³-hybridized carbons (Fsp3) is 0.667. The Morgan fingerprint density at radius 3 is 2.81 bits per heavy atom. The molecule has 2 heterocycles. The van der Waals surface area contributed by atoms with Gasteiger partial charge in [-0.2, -0.15) is 0 Å². The Morgan fingerprint density at radius 1 is 1.33 bits per heavy atom. The third-order valence-electron chi connectivity index (χ3n) is 6.83. The second kappa shape index (κ2) is 6.47. The van der Waals surface area contributed by atoms with Crippen molar-refractivity contribution in [3.63, 3.8) is 0 Å². The minimum absolute atomic E-state index is 0.149. The van der Waals surface area contributed by atoms with Gasteiger partial charge in [0.2, 0.25) is 0 Å². The topological polar surface area (TPSA) is 73.2 Å². The Morgan fingerprint density at radius 2 is 2.11 bits per heavy atom. The van der Waals surface area contributed by atoms with Crippen LogP contribution in [-0.4, -0.2) is 53.2 Å². The Bertz CT molecular complexity index is 754. The maximum absolute atomic E-state index is 12.9. The van der Waals surface area contributed by atoms with E-state index in [2.05, 4.69) is 18.0 Å². The maximum Gasteiger partial charge on any atom is 0.416 e. The molecule has 0 bridgehead atoms. The number of rotatable bonds is 3. The Labute approximate surface area is 160 Å².